The predicted molar refractivity (Wildman–Crippen MR) is 67.1 cm³/mol. The second-order valence-corrected chi connectivity index (χ2v) is 4.87. The van der Waals surface area contributed by atoms with Crippen LogP contribution in [0.4, 0.5) is 0 Å². The van der Waals surface area contributed by atoms with Crippen LogP contribution < -0.4 is 10.1 Å². The fraction of sp³-hybridized carbons (Fsp3) is 0.500. The fourth-order valence-electron chi connectivity index (χ4n) is 2.14. The molecule has 2 N–H and O–H groups in total. The first-order chi connectivity index (χ1) is 7.76. The van der Waals surface area contributed by atoms with Crippen LogP contribution in [-0.4, -0.2) is 31.9 Å². The number of halogens is 1. The Kier molecular flexibility index (Phi) is 3.84. The second-order valence-electron chi connectivity index (χ2n) is 4.02. The third kappa shape index (κ3) is 2.24. The van der Waals surface area contributed by atoms with Crippen molar-refractivity contribution in [1.82, 2.24) is 5.32 Å². The molecule has 2 rings (SSSR count). The average molecular weight is 286 g/mol. The van der Waals surface area contributed by atoms with E-state index in [1.54, 1.807) is 7.11 Å². The normalized spacial score (nSPS) is 20.1. The highest BCUT2D eigenvalue weighted by molar-refractivity contribution is 9.10. The SMILES string of the molecule is COc1cc2c(cc1Br)[C@@H](CO)CNCC2. The number of benzene rings is 1. The lowest BCUT2D eigenvalue weighted by Gasteiger charge is -2.16. The quantitative estimate of drug-likeness (QED) is 0.869. The van der Waals surface area contributed by atoms with Crippen LogP contribution in [0.25, 0.3) is 0 Å². The Morgan fingerprint density at radius 1 is 1.56 bits per heavy atom. The molecule has 1 aliphatic heterocycles. The third-order valence-electron chi connectivity index (χ3n) is 3.04. The minimum Gasteiger partial charge on any atom is -0.496 e. The zero-order chi connectivity index (χ0) is 11.5. The fourth-order valence-corrected chi connectivity index (χ4v) is 2.66. The van der Waals surface area contributed by atoms with E-state index in [0.717, 1.165) is 29.7 Å². The third-order valence-corrected chi connectivity index (χ3v) is 3.66. The first-order valence-electron chi connectivity index (χ1n) is 5.44. The molecule has 1 atom stereocenters. The monoisotopic (exact) mass is 285 g/mol. The van der Waals surface area contributed by atoms with E-state index in [4.69, 9.17) is 4.74 Å². The lowest BCUT2D eigenvalue weighted by Crippen LogP contribution is -2.22. The van der Waals surface area contributed by atoms with Gasteiger partial charge >= 0.3 is 0 Å². The van der Waals surface area contributed by atoms with Crippen molar-refractivity contribution < 1.29 is 9.84 Å². The molecule has 0 bridgehead atoms. The molecule has 0 saturated carbocycles. The summed E-state index contributed by atoms with van der Waals surface area (Å²) in [5.41, 5.74) is 2.49. The molecule has 16 heavy (non-hydrogen) atoms. The van der Waals surface area contributed by atoms with Gasteiger partial charge in [0.25, 0.3) is 0 Å². The maximum Gasteiger partial charge on any atom is 0.133 e. The smallest absolute Gasteiger partial charge is 0.133 e. The maximum absolute atomic E-state index is 9.39. The summed E-state index contributed by atoms with van der Waals surface area (Å²) >= 11 is 3.49. The molecule has 0 radical (unpaired) electrons. The highest BCUT2D eigenvalue weighted by atomic mass is 79.9. The zero-order valence-corrected chi connectivity index (χ0v) is 10.9. The van der Waals surface area contributed by atoms with Gasteiger partial charge in [0.2, 0.25) is 0 Å². The van der Waals surface area contributed by atoms with Gasteiger partial charge in [0, 0.05) is 12.5 Å². The number of rotatable bonds is 2. The number of aliphatic hydroxyl groups excluding tert-OH is 1. The molecule has 0 aliphatic carbocycles. The van der Waals surface area contributed by atoms with E-state index in [2.05, 4.69) is 33.4 Å². The lowest BCUT2D eigenvalue weighted by atomic mass is 9.94. The van der Waals surface area contributed by atoms with Crippen LogP contribution in [0.5, 0.6) is 5.75 Å². The Labute approximate surface area is 104 Å². The topological polar surface area (TPSA) is 41.5 Å². The summed E-state index contributed by atoms with van der Waals surface area (Å²) in [4.78, 5) is 0. The zero-order valence-electron chi connectivity index (χ0n) is 9.29. The Balaban J connectivity index is 2.45. The van der Waals surface area contributed by atoms with E-state index in [1.165, 1.54) is 11.1 Å². The minimum atomic E-state index is 0.179. The highest BCUT2D eigenvalue weighted by Crippen LogP contribution is 2.33. The first-order valence-corrected chi connectivity index (χ1v) is 6.23. The van der Waals surface area contributed by atoms with Crippen molar-refractivity contribution in [2.45, 2.75) is 12.3 Å². The Hall–Kier alpha value is -0.580. The number of aliphatic hydroxyl groups is 1. The van der Waals surface area contributed by atoms with Crippen molar-refractivity contribution in [1.29, 1.82) is 0 Å². The average Bonchev–Trinajstić information content (AvgIpc) is 2.49. The molecule has 1 aromatic rings. The van der Waals surface area contributed by atoms with Crippen LogP contribution in [0.1, 0.15) is 17.0 Å². The van der Waals surface area contributed by atoms with Gasteiger partial charge in [-0.1, -0.05) is 0 Å². The van der Waals surface area contributed by atoms with E-state index in [9.17, 15) is 5.11 Å². The molecule has 0 saturated heterocycles. The van der Waals surface area contributed by atoms with Crippen molar-refractivity contribution in [3.05, 3.63) is 27.7 Å². The molecule has 4 heteroatoms. The molecule has 0 amide bonds. The van der Waals surface area contributed by atoms with Crippen LogP contribution in [0.3, 0.4) is 0 Å². The van der Waals surface area contributed by atoms with Crippen LogP contribution in [0.2, 0.25) is 0 Å². The van der Waals surface area contributed by atoms with Gasteiger partial charge in [-0.3, -0.25) is 0 Å². The predicted octanol–water partition coefficient (Wildman–Crippen LogP) is 1.68. The van der Waals surface area contributed by atoms with Gasteiger partial charge in [-0.2, -0.15) is 0 Å². The summed E-state index contributed by atoms with van der Waals surface area (Å²) in [7, 11) is 1.67. The number of hydrogen-bond acceptors (Lipinski definition) is 3. The Bertz CT molecular complexity index is 382. The summed E-state index contributed by atoms with van der Waals surface area (Å²) in [6, 6.07) is 4.14. The van der Waals surface area contributed by atoms with Gasteiger partial charge in [0.15, 0.2) is 0 Å². The standard InChI is InChI=1S/C12H16BrNO2/c1-16-12-4-8-2-3-14-6-9(7-15)10(8)5-11(12)13/h4-5,9,14-15H,2-3,6-7H2,1H3/t9-/m1/s1. The maximum atomic E-state index is 9.39. The van der Waals surface area contributed by atoms with Crippen LogP contribution in [-0.2, 0) is 6.42 Å². The number of nitrogens with one attached hydrogen (secondary N) is 1. The molecular formula is C12H16BrNO2. The van der Waals surface area contributed by atoms with E-state index >= 15 is 0 Å². The molecule has 88 valence electrons. The second kappa shape index (κ2) is 5.17. The Morgan fingerprint density at radius 3 is 3.06 bits per heavy atom. The molecule has 1 aliphatic rings. The van der Waals surface area contributed by atoms with Crippen LogP contribution in [0.15, 0.2) is 16.6 Å². The van der Waals surface area contributed by atoms with Crippen molar-refractivity contribution in [3.63, 3.8) is 0 Å². The van der Waals surface area contributed by atoms with Crippen LogP contribution >= 0.6 is 15.9 Å². The van der Waals surface area contributed by atoms with Gasteiger partial charge in [0.1, 0.15) is 5.75 Å². The van der Waals surface area contributed by atoms with Gasteiger partial charge in [0.05, 0.1) is 18.2 Å². The largest absolute Gasteiger partial charge is 0.496 e. The summed E-state index contributed by atoms with van der Waals surface area (Å²) in [6.45, 7) is 1.97. The lowest BCUT2D eigenvalue weighted by molar-refractivity contribution is 0.263. The van der Waals surface area contributed by atoms with Crippen LogP contribution in [0, 0.1) is 0 Å². The number of hydrogen-bond donors (Lipinski definition) is 2. The van der Waals surface area contributed by atoms with Gasteiger partial charge < -0.3 is 15.2 Å². The van der Waals surface area contributed by atoms with Gasteiger partial charge in [-0.15, -0.1) is 0 Å². The van der Waals surface area contributed by atoms with Crippen molar-refractivity contribution in [3.8, 4) is 5.75 Å². The summed E-state index contributed by atoms with van der Waals surface area (Å²) in [6.07, 6.45) is 0.982. The number of methoxy groups -OCH3 is 1. The number of fused-ring (bicyclic) bond motifs is 1. The van der Waals surface area contributed by atoms with Crippen molar-refractivity contribution in [2.75, 3.05) is 26.8 Å². The van der Waals surface area contributed by atoms with Crippen molar-refractivity contribution >= 4 is 15.9 Å². The molecule has 1 heterocycles. The number of ether oxygens (including phenoxy) is 1. The minimum absolute atomic E-state index is 0.179. The summed E-state index contributed by atoms with van der Waals surface area (Å²) in [5, 5.41) is 12.7. The molecule has 3 nitrogen and oxygen atoms in total. The summed E-state index contributed by atoms with van der Waals surface area (Å²) < 4.78 is 6.24. The molecule has 0 unspecified atom stereocenters. The first kappa shape index (κ1) is 11.9. The van der Waals surface area contributed by atoms with E-state index in [1.807, 2.05) is 0 Å². The van der Waals surface area contributed by atoms with E-state index in [0.29, 0.717) is 0 Å². The Morgan fingerprint density at radius 2 is 2.38 bits per heavy atom. The highest BCUT2D eigenvalue weighted by Gasteiger charge is 2.19. The molecule has 0 fully saturated rings. The molecule has 0 spiro atoms. The molecular weight excluding hydrogens is 270 g/mol. The summed E-state index contributed by atoms with van der Waals surface area (Å²) in [5.74, 6) is 1.04. The van der Waals surface area contributed by atoms with Gasteiger partial charge in [-0.25, -0.2) is 0 Å². The van der Waals surface area contributed by atoms with E-state index in [-0.39, 0.29) is 12.5 Å². The van der Waals surface area contributed by atoms with E-state index < -0.39 is 0 Å². The van der Waals surface area contributed by atoms with Crippen molar-refractivity contribution in [2.24, 2.45) is 0 Å². The van der Waals surface area contributed by atoms with Gasteiger partial charge in [-0.05, 0) is 52.2 Å². The molecule has 1 aromatic carbocycles. The molecule has 0 aromatic heterocycles.